The Bertz CT molecular complexity index is 717. The lowest BCUT2D eigenvalue weighted by molar-refractivity contribution is 0.170. The van der Waals surface area contributed by atoms with Crippen LogP contribution in [0.1, 0.15) is 50.0 Å². The average Bonchev–Trinajstić information content (AvgIpc) is 3.29. The number of hydrogen-bond acceptors (Lipinski definition) is 6. The Balaban J connectivity index is 1.50. The molecule has 134 valence electrons. The predicted molar refractivity (Wildman–Crippen MR) is 92.5 cm³/mol. The number of hydrogen-bond donors (Lipinski definition) is 0. The zero-order chi connectivity index (χ0) is 17.1. The van der Waals surface area contributed by atoms with Gasteiger partial charge in [-0.2, -0.15) is 0 Å². The lowest BCUT2D eigenvalue weighted by Crippen LogP contribution is -2.25. The van der Waals surface area contributed by atoms with Gasteiger partial charge < -0.3 is 9.47 Å². The fourth-order valence-corrected chi connectivity index (χ4v) is 3.66. The van der Waals surface area contributed by atoms with Crippen LogP contribution < -0.4 is 9.47 Å². The lowest BCUT2D eigenvalue weighted by Gasteiger charge is -2.26. The van der Waals surface area contributed by atoms with Crippen LogP contribution in [0.2, 0.25) is 0 Å². The Morgan fingerprint density at radius 3 is 2.96 bits per heavy atom. The fraction of sp³-hybridized carbons (Fsp3) is 0.611. The Morgan fingerprint density at radius 2 is 2.08 bits per heavy atom. The summed E-state index contributed by atoms with van der Waals surface area (Å²) in [6.07, 6.45) is 4.58. The molecule has 1 atom stereocenters. The summed E-state index contributed by atoms with van der Waals surface area (Å²) in [7, 11) is 0. The maximum Gasteiger partial charge on any atom is 0.165 e. The number of nitrogens with zero attached hydrogens (tertiary/aromatic N) is 5. The van der Waals surface area contributed by atoms with E-state index in [0.29, 0.717) is 19.3 Å². The number of unbranched alkanes of at least 4 members (excludes halogenated alkanes) is 1. The van der Waals surface area contributed by atoms with Crippen molar-refractivity contribution in [3.63, 3.8) is 0 Å². The van der Waals surface area contributed by atoms with Crippen molar-refractivity contribution in [3.05, 3.63) is 29.6 Å². The number of aryl methyl sites for hydroxylation is 1. The lowest BCUT2D eigenvalue weighted by atomic mass is 10.0. The molecule has 0 radical (unpaired) electrons. The molecule has 7 heteroatoms. The summed E-state index contributed by atoms with van der Waals surface area (Å²) in [5.74, 6) is 2.67. The number of benzene rings is 1. The molecule has 4 rings (SSSR count). The third kappa shape index (κ3) is 3.46. The molecule has 2 aliphatic rings. The molecule has 1 fully saturated rings. The fourth-order valence-electron chi connectivity index (χ4n) is 3.66. The number of likely N-dealkylation sites (tertiary alicyclic amines) is 1. The zero-order valence-electron chi connectivity index (χ0n) is 14.7. The summed E-state index contributed by atoms with van der Waals surface area (Å²) in [6.45, 7) is 6.18. The van der Waals surface area contributed by atoms with Crippen molar-refractivity contribution in [2.45, 2.75) is 51.7 Å². The van der Waals surface area contributed by atoms with E-state index in [-0.39, 0.29) is 0 Å². The van der Waals surface area contributed by atoms with E-state index in [4.69, 9.17) is 9.47 Å². The highest BCUT2D eigenvalue weighted by atomic mass is 16.6. The Morgan fingerprint density at radius 1 is 1.20 bits per heavy atom. The van der Waals surface area contributed by atoms with E-state index in [1.165, 1.54) is 12.0 Å². The minimum Gasteiger partial charge on any atom is -0.486 e. The Kier molecular flexibility index (Phi) is 4.83. The molecule has 1 unspecified atom stereocenters. The Hall–Kier alpha value is -2.15. The highest BCUT2D eigenvalue weighted by Crippen LogP contribution is 2.38. The summed E-state index contributed by atoms with van der Waals surface area (Å²) in [4.78, 5) is 2.47. The van der Waals surface area contributed by atoms with E-state index in [0.717, 1.165) is 56.2 Å². The molecule has 0 bridgehead atoms. The van der Waals surface area contributed by atoms with Crippen molar-refractivity contribution in [1.29, 1.82) is 0 Å². The van der Waals surface area contributed by atoms with E-state index in [1.54, 1.807) is 0 Å². The first-order valence-electron chi connectivity index (χ1n) is 9.24. The first kappa shape index (κ1) is 16.3. The van der Waals surface area contributed by atoms with Gasteiger partial charge >= 0.3 is 0 Å². The van der Waals surface area contributed by atoms with E-state index < -0.39 is 0 Å². The molecular formula is C18H25N5O2. The second kappa shape index (κ2) is 7.39. The molecule has 0 N–H and O–H groups in total. The Labute approximate surface area is 147 Å². The van der Waals surface area contributed by atoms with Gasteiger partial charge in [-0.05, 0) is 53.9 Å². The van der Waals surface area contributed by atoms with Gasteiger partial charge in [-0.15, -0.1) is 5.10 Å². The van der Waals surface area contributed by atoms with Crippen LogP contribution >= 0.6 is 0 Å². The molecule has 0 aliphatic carbocycles. The topological polar surface area (TPSA) is 65.3 Å². The normalized spacial score (nSPS) is 20.1. The van der Waals surface area contributed by atoms with E-state index >= 15 is 0 Å². The van der Waals surface area contributed by atoms with Crippen molar-refractivity contribution in [2.24, 2.45) is 0 Å². The van der Waals surface area contributed by atoms with E-state index in [1.807, 2.05) is 10.7 Å². The SMILES string of the molecule is CCCCn1nnnc1CN1CCCC1c1ccc2c(c1)OCCO2. The van der Waals surface area contributed by atoms with Gasteiger partial charge in [-0.1, -0.05) is 19.4 Å². The molecule has 2 aliphatic heterocycles. The summed E-state index contributed by atoms with van der Waals surface area (Å²) < 4.78 is 13.3. The molecule has 7 nitrogen and oxygen atoms in total. The van der Waals surface area contributed by atoms with Crippen molar-refractivity contribution in [2.75, 3.05) is 19.8 Å². The van der Waals surface area contributed by atoms with Crippen LogP contribution in [0.3, 0.4) is 0 Å². The van der Waals surface area contributed by atoms with Crippen LogP contribution in [-0.2, 0) is 13.1 Å². The molecule has 1 saturated heterocycles. The first-order valence-corrected chi connectivity index (χ1v) is 9.24. The minimum atomic E-state index is 0.382. The van der Waals surface area contributed by atoms with Gasteiger partial charge in [0.1, 0.15) is 13.2 Å². The van der Waals surface area contributed by atoms with Crippen LogP contribution in [0, 0.1) is 0 Å². The third-order valence-electron chi connectivity index (χ3n) is 4.99. The molecule has 2 aromatic rings. The van der Waals surface area contributed by atoms with E-state index in [2.05, 4.69) is 39.5 Å². The standard InChI is InChI=1S/C18H25N5O2/c1-2-3-9-23-18(19-20-21-23)13-22-8-4-5-15(22)14-6-7-16-17(12-14)25-11-10-24-16/h6-7,12,15H,2-5,8-11,13H2,1H3. The number of tetrazole rings is 1. The van der Waals surface area contributed by atoms with Crippen molar-refractivity contribution in [1.82, 2.24) is 25.1 Å². The summed E-state index contributed by atoms with van der Waals surface area (Å²) in [5, 5.41) is 12.3. The van der Waals surface area contributed by atoms with E-state index in [9.17, 15) is 0 Å². The van der Waals surface area contributed by atoms with Crippen molar-refractivity contribution < 1.29 is 9.47 Å². The van der Waals surface area contributed by atoms with Crippen LogP contribution in [0.5, 0.6) is 11.5 Å². The number of fused-ring (bicyclic) bond motifs is 1. The van der Waals surface area contributed by atoms with Crippen molar-refractivity contribution >= 4 is 0 Å². The van der Waals surface area contributed by atoms with Gasteiger partial charge in [-0.3, -0.25) is 4.90 Å². The van der Waals surface area contributed by atoms with Crippen LogP contribution in [0.25, 0.3) is 0 Å². The zero-order valence-corrected chi connectivity index (χ0v) is 14.7. The van der Waals surface area contributed by atoms with Gasteiger partial charge in [0.05, 0.1) is 6.54 Å². The van der Waals surface area contributed by atoms with Crippen molar-refractivity contribution in [3.8, 4) is 11.5 Å². The third-order valence-corrected chi connectivity index (χ3v) is 4.99. The number of rotatable bonds is 6. The largest absolute Gasteiger partial charge is 0.486 e. The monoisotopic (exact) mass is 343 g/mol. The molecular weight excluding hydrogens is 318 g/mol. The first-order chi connectivity index (χ1) is 12.3. The molecule has 0 amide bonds. The van der Waals surface area contributed by atoms with Gasteiger partial charge in [0.25, 0.3) is 0 Å². The molecule has 0 spiro atoms. The second-order valence-corrected chi connectivity index (χ2v) is 6.70. The predicted octanol–water partition coefficient (Wildman–Crippen LogP) is 2.58. The maximum atomic E-state index is 5.75. The molecule has 3 heterocycles. The smallest absolute Gasteiger partial charge is 0.165 e. The van der Waals surface area contributed by atoms with Gasteiger partial charge in [0.15, 0.2) is 17.3 Å². The maximum absolute atomic E-state index is 5.75. The summed E-state index contributed by atoms with van der Waals surface area (Å²) in [6, 6.07) is 6.71. The molecule has 1 aromatic heterocycles. The molecule has 25 heavy (non-hydrogen) atoms. The van der Waals surface area contributed by atoms with Crippen LogP contribution in [0.15, 0.2) is 18.2 Å². The minimum absolute atomic E-state index is 0.382. The van der Waals surface area contributed by atoms with Gasteiger partial charge in [0, 0.05) is 12.6 Å². The van der Waals surface area contributed by atoms with Crippen LogP contribution in [0.4, 0.5) is 0 Å². The second-order valence-electron chi connectivity index (χ2n) is 6.70. The van der Waals surface area contributed by atoms with Gasteiger partial charge in [0.2, 0.25) is 0 Å². The summed E-state index contributed by atoms with van der Waals surface area (Å²) >= 11 is 0. The summed E-state index contributed by atoms with van der Waals surface area (Å²) in [5.41, 5.74) is 1.29. The molecule has 0 saturated carbocycles. The number of aromatic nitrogens is 4. The quantitative estimate of drug-likeness (QED) is 0.803. The highest BCUT2D eigenvalue weighted by Gasteiger charge is 2.28. The number of ether oxygens (including phenoxy) is 2. The highest BCUT2D eigenvalue weighted by molar-refractivity contribution is 5.44. The molecule has 1 aromatic carbocycles. The van der Waals surface area contributed by atoms with Gasteiger partial charge in [-0.25, -0.2) is 4.68 Å². The average molecular weight is 343 g/mol. The van der Waals surface area contributed by atoms with Crippen LogP contribution in [-0.4, -0.2) is 44.9 Å².